The van der Waals surface area contributed by atoms with Crippen molar-refractivity contribution in [3.05, 3.63) is 0 Å². The fourth-order valence-electron chi connectivity index (χ4n) is 0.676. The van der Waals surface area contributed by atoms with Crippen LogP contribution in [0.3, 0.4) is 0 Å². The molecule has 0 unspecified atom stereocenters. The second-order valence-electron chi connectivity index (χ2n) is 3.32. The lowest BCUT2D eigenvalue weighted by Gasteiger charge is -2.04. The lowest BCUT2D eigenvalue weighted by molar-refractivity contribution is 0.219. The zero-order valence-corrected chi connectivity index (χ0v) is 9.29. The molecule has 0 rings (SSSR count). The third-order valence-corrected chi connectivity index (χ3v) is 2.25. The zero-order valence-electron chi connectivity index (χ0n) is 15.3. The van der Waals surface area contributed by atoms with Crippen molar-refractivity contribution in [3.8, 4) is 0 Å². The van der Waals surface area contributed by atoms with E-state index >= 15 is 0 Å². The first-order chi connectivity index (χ1) is 8.99. The zero-order chi connectivity index (χ0) is 16.4. The Bertz CT molecular complexity index is 195. The van der Waals surface area contributed by atoms with Crippen molar-refractivity contribution in [1.29, 1.82) is 0 Å². The van der Waals surface area contributed by atoms with E-state index in [2.05, 4.69) is 0 Å². The second-order valence-corrected chi connectivity index (χ2v) is 3.32. The molecule has 2 atom stereocenters. The van der Waals surface area contributed by atoms with Crippen molar-refractivity contribution >= 4 is 0 Å². The van der Waals surface area contributed by atoms with Crippen LogP contribution in [0.1, 0.15) is 61.5 Å². The number of aliphatic hydroxyl groups is 2. The van der Waals surface area contributed by atoms with Crippen molar-refractivity contribution in [2.75, 3.05) is 13.2 Å². The quantitative estimate of drug-likeness (QED) is 0.708. The highest BCUT2D eigenvalue weighted by Crippen LogP contribution is 2.04. The third kappa shape index (κ3) is 10.0. The van der Waals surface area contributed by atoms with E-state index in [1.54, 1.807) is 0 Å². The SMILES string of the molecule is [2H]C([2H])([2H])C[C@@H](CC)CO.[2H]C([2H])([2H])C[C@H](CC)CO. The molecular formula is C12H28O2. The van der Waals surface area contributed by atoms with E-state index in [4.69, 9.17) is 18.4 Å². The molecule has 88 valence electrons. The molecule has 0 aliphatic heterocycles. The lowest BCUT2D eigenvalue weighted by Crippen LogP contribution is -2.01. The molecule has 0 aliphatic carbocycles. The van der Waals surface area contributed by atoms with Gasteiger partial charge in [0, 0.05) is 21.4 Å². The molecule has 2 heteroatoms. The summed E-state index contributed by atoms with van der Waals surface area (Å²) in [5, 5.41) is 17.3. The summed E-state index contributed by atoms with van der Waals surface area (Å²) in [7, 11) is 0. The Hall–Kier alpha value is -0.0800. The van der Waals surface area contributed by atoms with Gasteiger partial charge in [0.1, 0.15) is 0 Å². The van der Waals surface area contributed by atoms with Gasteiger partial charge in [-0.3, -0.25) is 0 Å². The molecule has 2 nitrogen and oxygen atoms in total. The fourth-order valence-corrected chi connectivity index (χ4v) is 0.676. The highest BCUT2D eigenvalue weighted by atomic mass is 16.3. The van der Waals surface area contributed by atoms with E-state index in [9.17, 15) is 0 Å². The van der Waals surface area contributed by atoms with E-state index in [1.807, 2.05) is 13.8 Å². The Morgan fingerprint density at radius 2 is 1.21 bits per heavy atom. The number of rotatable bonds is 6. The van der Waals surface area contributed by atoms with Gasteiger partial charge in [-0.1, -0.05) is 53.2 Å². The third-order valence-electron chi connectivity index (χ3n) is 2.25. The first-order valence-corrected chi connectivity index (χ1v) is 5.20. The molecule has 0 aromatic heterocycles. The Morgan fingerprint density at radius 1 is 0.857 bits per heavy atom. The Kier molecular flexibility index (Phi) is 6.68. The summed E-state index contributed by atoms with van der Waals surface area (Å²) in [6, 6.07) is 0. The fraction of sp³-hybridized carbons (Fsp3) is 1.00. The van der Waals surface area contributed by atoms with Crippen LogP contribution in [0.5, 0.6) is 0 Å². The van der Waals surface area contributed by atoms with Crippen molar-refractivity contribution in [3.63, 3.8) is 0 Å². The molecule has 0 fully saturated rings. The molecule has 0 aliphatic rings. The van der Waals surface area contributed by atoms with Crippen molar-refractivity contribution in [1.82, 2.24) is 0 Å². The molecule has 0 aromatic carbocycles. The first kappa shape index (κ1) is 7.24. The summed E-state index contributed by atoms with van der Waals surface area (Å²) < 4.78 is 41.3. The van der Waals surface area contributed by atoms with Gasteiger partial charge in [0.15, 0.2) is 0 Å². The van der Waals surface area contributed by atoms with Crippen LogP contribution in [-0.2, 0) is 0 Å². The van der Waals surface area contributed by atoms with Crippen LogP contribution >= 0.6 is 0 Å². The minimum absolute atomic E-state index is 0.0190. The Morgan fingerprint density at radius 3 is 1.29 bits per heavy atom. The van der Waals surface area contributed by atoms with Gasteiger partial charge in [0.25, 0.3) is 0 Å². The summed E-state index contributed by atoms with van der Waals surface area (Å²) in [4.78, 5) is 0. The highest BCUT2D eigenvalue weighted by Gasteiger charge is 1.97. The van der Waals surface area contributed by atoms with Crippen LogP contribution in [0.15, 0.2) is 0 Å². The van der Waals surface area contributed by atoms with Gasteiger partial charge < -0.3 is 10.2 Å². The highest BCUT2D eigenvalue weighted by molar-refractivity contribution is 4.49. The van der Waals surface area contributed by atoms with Crippen molar-refractivity contribution < 1.29 is 18.4 Å². The maximum atomic E-state index is 8.64. The monoisotopic (exact) mass is 210 g/mol. The smallest absolute Gasteiger partial charge is 0.0459 e. The molecule has 0 radical (unpaired) electrons. The number of aliphatic hydroxyl groups excluding tert-OH is 2. The summed E-state index contributed by atoms with van der Waals surface area (Å²) in [6.45, 7) is -0.0458. The maximum Gasteiger partial charge on any atom is 0.0459 e. The van der Waals surface area contributed by atoms with Crippen LogP contribution in [0.4, 0.5) is 0 Å². The molecule has 0 amide bonds. The number of hydrogen-bond donors (Lipinski definition) is 2. The van der Waals surface area contributed by atoms with Crippen LogP contribution in [0, 0.1) is 11.8 Å². The number of hydrogen-bond acceptors (Lipinski definition) is 2. The van der Waals surface area contributed by atoms with E-state index in [-0.39, 0.29) is 37.9 Å². The topological polar surface area (TPSA) is 40.5 Å². The van der Waals surface area contributed by atoms with Crippen LogP contribution < -0.4 is 0 Å². The molecule has 0 spiro atoms. The predicted molar refractivity (Wildman–Crippen MR) is 62.3 cm³/mol. The molecule has 0 saturated carbocycles. The van der Waals surface area contributed by atoms with Gasteiger partial charge in [-0.2, -0.15) is 0 Å². The van der Waals surface area contributed by atoms with Gasteiger partial charge in [-0.25, -0.2) is 0 Å². The van der Waals surface area contributed by atoms with Crippen LogP contribution in [0.2, 0.25) is 0 Å². The minimum Gasteiger partial charge on any atom is -0.396 e. The van der Waals surface area contributed by atoms with Gasteiger partial charge >= 0.3 is 0 Å². The summed E-state index contributed by atoms with van der Waals surface area (Å²) in [5.41, 5.74) is 0. The molecular weight excluding hydrogens is 176 g/mol. The largest absolute Gasteiger partial charge is 0.396 e. The molecule has 0 bridgehead atoms. The average Bonchev–Trinajstić information content (AvgIpc) is 2.31. The Labute approximate surface area is 97.8 Å². The van der Waals surface area contributed by atoms with E-state index in [1.165, 1.54) is 0 Å². The summed E-state index contributed by atoms with van der Waals surface area (Å²) in [6.07, 6.45) is 1.71. The van der Waals surface area contributed by atoms with Gasteiger partial charge in [0.05, 0.1) is 0 Å². The molecule has 0 saturated heterocycles. The predicted octanol–water partition coefficient (Wildman–Crippen LogP) is 2.83. The summed E-state index contributed by atoms with van der Waals surface area (Å²) in [5.74, 6) is -0.125. The van der Waals surface area contributed by atoms with Gasteiger partial charge in [-0.05, 0) is 11.8 Å². The van der Waals surface area contributed by atoms with E-state index < -0.39 is 13.7 Å². The van der Waals surface area contributed by atoms with Crippen molar-refractivity contribution in [2.24, 2.45) is 11.8 Å². The standard InChI is InChI=1S/2C6H14O/c2*1-3-6(4-2)5-7/h2*6-7H,3-5H2,1-2H3/i2*1D3/t2*6-/m10/s1. The maximum absolute atomic E-state index is 8.64. The normalized spacial score (nSPS) is 22.3. The second kappa shape index (κ2) is 12.9. The van der Waals surface area contributed by atoms with Gasteiger partial charge in [-0.15, -0.1) is 0 Å². The lowest BCUT2D eigenvalue weighted by atomic mass is 10.1. The molecule has 14 heavy (non-hydrogen) atoms. The first-order valence-electron chi connectivity index (χ1n) is 8.20. The molecule has 2 N–H and O–H groups in total. The average molecular weight is 210 g/mol. The van der Waals surface area contributed by atoms with Crippen molar-refractivity contribution in [2.45, 2.75) is 53.2 Å². The molecule has 0 heterocycles. The molecule has 0 aromatic rings. The van der Waals surface area contributed by atoms with E-state index in [0.717, 1.165) is 12.8 Å². The summed E-state index contributed by atoms with van der Waals surface area (Å²) >= 11 is 0. The van der Waals surface area contributed by atoms with Gasteiger partial charge in [0.2, 0.25) is 0 Å². The minimum atomic E-state index is -1.89. The Balaban J connectivity index is 0. The van der Waals surface area contributed by atoms with E-state index in [0.29, 0.717) is 0 Å². The van der Waals surface area contributed by atoms with Crippen LogP contribution in [0.25, 0.3) is 0 Å². The van der Waals surface area contributed by atoms with Crippen LogP contribution in [-0.4, -0.2) is 23.4 Å².